The van der Waals surface area contributed by atoms with Crippen LogP contribution in [0.5, 0.6) is 0 Å². The average Bonchev–Trinajstić information content (AvgIpc) is 3.34. The van der Waals surface area contributed by atoms with Gasteiger partial charge < -0.3 is 14.2 Å². The summed E-state index contributed by atoms with van der Waals surface area (Å²) in [7, 11) is 0. The molecule has 0 unspecified atom stereocenters. The first-order valence-corrected chi connectivity index (χ1v) is 12.9. The third-order valence-corrected chi connectivity index (χ3v) is 8.04. The first-order valence-electron chi connectivity index (χ1n) is 11.8. The second kappa shape index (κ2) is 9.37. The zero-order valence-electron chi connectivity index (χ0n) is 19.7. The van der Waals surface area contributed by atoms with Gasteiger partial charge in [-0.3, -0.25) is 4.79 Å². The fourth-order valence-electron chi connectivity index (χ4n) is 5.13. The fraction of sp³-hybridized carbons (Fsp3) is 0.370. The van der Waals surface area contributed by atoms with Gasteiger partial charge in [0.05, 0.1) is 12.1 Å². The molecule has 4 aromatic rings. The van der Waals surface area contributed by atoms with Crippen LogP contribution >= 0.6 is 22.6 Å². The minimum Gasteiger partial charge on any atom is -0.481 e. The van der Waals surface area contributed by atoms with Crippen molar-refractivity contribution in [3.05, 3.63) is 65.3 Å². The highest BCUT2D eigenvalue weighted by Crippen LogP contribution is 2.42. The number of aromatic nitrogens is 3. The Morgan fingerprint density at radius 2 is 1.97 bits per heavy atom. The van der Waals surface area contributed by atoms with Crippen LogP contribution in [0.3, 0.4) is 0 Å². The van der Waals surface area contributed by atoms with Crippen LogP contribution in [-0.2, 0) is 17.6 Å². The van der Waals surface area contributed by atoms with Crippen molar-refractivity contribution < 1.29 is 18.8 Å². The number of aryl methyl sites for hydroxylation is 2. The molecule has 1 saturated carbocycles. The molecule has 182 valence electrons. The summed E-state index contributed by atoms with van der Waals surface area (Å²) in [6.45, 7) is 3.83. The predicted octanol–water partition coefficient (Wildman–Crippen LogP) is 6.76. The van der Waals surface area contributed by atoms with Crippen molar-refractivity contribution in [1.82, 2.24) is 14.7 Å². The van der Waals surface area contributed by atoms with E-state index in [4.69, 9.17) is 14.6 Å². The summed E-state index contributed by atoms with van der Waals surface area (Å²) < 4.78 is 20.7. The number of carbonyl (C=O) groups is 1. The molecule has 0 atom stereocenters. The van der Waals surface area contributed by atoms with Gasteiger partial charge in [-0.05, 0) is 104 Å². The Hall–Kier alpha value is -2.75. The van der Waals surface area contributed by atoms with Gasteiger partial charge in [0.25, 0.3) is 0 Å². The Labute approximate surface area is 216 Å². The number of benzene rings is 1. The van der Waals surface area contributed by atoms with Gasteiger partial charge in [-0.1, -0.05) is 17.3 Å². The first kappa shape index (κ1) is 24.0. The topological polar surface area (TPSA) is 81.2 Å². The maximum Gasteiger partial charge on any atom is 0.307 e. The highest BCUT2D eigenvalue weighted by atomic mass is 127. The summed E-state index contributed by atoms with van der Waals surface area (Å²) in [5, 5.41) is 14.2. The molecule has 8 heteroatoms. The predicted molar refractivity (Wildman–Crippen MR) is 141 cm³/mol. The van der Waals surface area contributed by atoms with E-state index in [1.54, 1.807) is 0 Å². The van der Waals surface area contributed by atoms with Crippen LogP contribution in [0.2, 0.25) is 0 Å². The maximum absolute atomic E-state index is 14.4. The number of halogens is 2. The number of carboxylic acids is 1. The lowest BCUT2D eigenvalue weighted by Gasteiger charge is -2.29. The molecule has 5 rings (SSSR count). The number of aliphatic carboxylic acids is 1. The van der Waals surface area contributed by atoms with Gasteiger partial charge in [-0.25, -0.2) is 9.37 Å². The number of carboxylic acid groups (broad SMARTS) is 1. The van der Waals surface area contributed by atoms with E-state index in [2.05, 4.69) is 22.0 Å². The van der Waals surface area contributed by atoms with Crippen molar-refractivity contribution in [2.24, 2.45) is 5.92 Å². The van der Waals surface area contributed by atoms with Crippen LogP contribution < -0.4 is 0 Å². The Bertz CT molecular complexity index is 1360. The Balaban J connectivity index is 1.56. The molecule has 0 bridgehead atoms. The molecule has 35 heavy (non-hydrogen) atoms. The van der Waals surface area contributed by atoms with Crippen LogP contribution in [-0.4, -0.2) is 29.5 Å². The van der Waals surface area contributed by atoms with Gasteiger partial charge in [0, 0.05) is 34.6 Å². The molecule has 1 fully saturated rings. The third-order valence-electron chi connectivity index (χ3n) is 6.96. The summed E-state index contributed by atoms with van der Waals surface area (Å²) in [5.74, 6) is 0.330. The minimum atomic E-state index is -1.09. The standard InChI is InChI=1S/C27H27FIN3O3/c1-16-25(17(2)35-31-16)20-13-23-21(11-19-7-9-27(28,29)10-8-19)15-32(26(23)30-14-20)22-5-3-18(4-6-22)12-24(33)34/h3-6,13-15,19H,7-12H2,1-2H3,(H,33,34). The van der Waals surface area contributed by atoms with Gasteiger partial charge >= 0.3 is 5.97 Å². The minimum absolute atomic E-state index is 0.00837. The number of rotatable bonds is 6. The third kappa shape index (κ3) is 4.98. The fourth-order valence-corrected chi connectivity index (χ4v) is 5.75. The van der Waals surface area contributed by atoms with Crippen molar-refractivity contribution in [2.45, 2.75) is 56.0 Å². The molecule has 1 aliphatic carbocycles. The molecule has 0 spiro atoms. The van der Waals surface area contributed by atoms with Crippen molar-refractivity contribution in [3.63, 3.8) is 0 Å². The smallest absolute Gasteiger partial charge is 0.307 e. The zero-order chi connectivity index (χ0) is 24.7. The number of pyridine rings is 1. The van der Waals surface area contributed by atoms with Crippen LogP contribution in [0.15, 0.2) is 47.2 Å². The van der Waals surface area contributed by atoms with E-state index in [0.29, 0.717) is 18.8 Å². The molecule has 3 heterocycles. The van der Waals surface area contributed by atoms with E-state index in [1.165, 1.54) is 5.56 Å². The summed E-state index contributed by atoms with van der Waals surface area (Å²) in [6.07, 6.45) is 7.74. The molecular weight excluding hydrogens is 560 g/mol. The van der Waals surface area contributed by atoms with Crippen LogP contribution in [0.1, 0.15) is 48.3 Å². The second-order valence-electron chi connectivity index (χ2n) is 9.56. The second-order valence-corrected chi connectivity index (χ2v) is 11.5. The molecule has 1 aromatic carbocycles. The number of hydrogen-bond donors (Lipinski definition) is 1. The molecule has 3 aromatic heterocycles. The lowest BCUT2D eigenvalue weighted by Crippen LogP contribution is -2.23. The van der Waals surface area contributed by atoms with Crippen molar-refractivity contribution in [1.29, 1.82) is 0 Å². The number of hydrogen-bond acceptors (Lipinski definition) is 4. The SMILES string of the molecule is Cc1noc(C)c1-c1cnc2c(c1)c(CC1CCC(F)(I)CC1)cn2-c1ccc(CC(=O)O)cc1. The lowest BCUT2D eigenvalue weighted by molar-refractivity contribution is -0.136. The summed E-state index contributed by atoms with van der Waals surface area (Å²) in [6, 6.07) is 9.70. The molecule has 0 amide bonds. The van der Waals surface area contributed by atoms with E-state index in [0.717, 1.165) is 64.1 Å². The molecule has 0 aliphatic heterocycles. The Morgan fingerprint density at radius 3 is 2.60 bits per heavy atom. The molecular formula is C27H27FIN3O3. The highest BCUT2D eigenvalue weighted by molar-refractivity contribution is 14.1. The molecule has 0 saturated heterocycles. The Morgan fingerprint density at radius 1 is 1.26 bits per heavy atom. The van der Waals surface area contributed by atoms with E-state index >= 15 is 0 Å². The summed E-state index contributed by atoms with van der Waals surface area (Å²) in [4.78, 5) is 15.9. The van der Waals surface area contributed by atoms with E-state index in [-0.39, 0.29) is 6.42 Å². The molecule has 6 nitrogen and oxygen atoms in total. The normalized spacial score (nSPS) is 20.4. The summed E-state index contributed by atoms with van der Waals surface area (Å²) >= 11 is 1.95. The van der Waals surface area contributed by atoms with E-state index in [9.17, 15) is 9.18 Å². The van der Waals surface area contributed by atoms with Gasteiger partial charge in [0.1, 0.15) is 11.4 Å². The number of fused-ring (bicyclic) bond motifs is 1. The first-order chi connectivity index (χ1) is 16.7. The van der Waals surface area contributed by atoms with Crippen molar-refractivity contribution in [2.75, 3.05) is 0 Å². The summed E-state index contributed by atoms with van der Waals surface area (Å²) in [5.41, 5.74) is 6.44. The highest BCUT2D eigenvalue weighted by Gasteiger charge is 2.32. The number of nitrogens with zero attached hydrogens (tertiary/aromatic N) is 3. The number of alkyl halides is 2. The molecule has 1 aliphatic rings. The van der Waals surface area contributed by atoms with Gasteiger partial charge in [-0.2, -0.15) is 0 Å². The average molecular weight is 587 g/mol. The lowest BCUT2D eigenvalue weighted by atomic mass is 9.84. The molecule has 0 radical (unpaired) electrons. The molecule has 1 N–H and O–H groups in total. The van der Waals surface area contributed by atoms with E-state index < -0.39 is 9.64 Å². The van der Waals surface area contributed by atoms with E-state index in [1.807, 2.05) is 66.9 Å². The van der Waals surface area contributed by atoms with Crippen LogP contribution in [0.4, 0.5) is 4.39 Å². The zero-order valence-corrected chi connectivity index (χ0v) is 21.9. The monoisotopic (exact) mass is 587 g/mol. The van der Waals surface area contributed by atoms with Crippen LogP contribution in [0, 0.1) is 19.8 Å². The Kier molecular flexibility index (Phi) is 6.41. The van der Waals surface area contributed by atoms with Crippen molar-refractivity contribution >= 4 is 39.6 Å². The largest absolute Gasteiger partial charge is 0.481 e. The van der Waals surface area contributed by atoms with Gasteiger partial charge in [-0.15, -0.1) is 0 Å². The maximum atomic E-state index is 14.4. The van der Waals surface area contributed by atoms with Crippen LogP contribution in [0.25, 0.3) is 27.8 Å². The van der Waals surface area contributed by atoms with Crippen molar-refractivity contribution in [3.8, 4) is 16.8 Å². The van der Waals surface area contributed by atoms with Gasteiger partial charge in [0.2, 0.25) is 0 Å². The van der Waals surface area contributed by atoms with Gasteiger partial charge in [0.15, 0.2) is 3.68 Å². The quantitative estimate of drug-likeness (QED) is 0.199.